The number of halogens is 1. The molecule has 0 aliphatic heterocycles. The highest BCUT2D eigenvalue weighted by atomic mass is 79.9. The quantitative estimate of drug-likeness (QED) is 0.780. The summed E-state index contributed by atoms with van der Waals surface area (Å²) >= 11 is 3.47. The van der Waals surface area contributed by atoms with Crippen LogP contribution in [0.1, 0.15) is 18.4 Å². The van der Waals surface area contributed by atoms with Gasteiger partial charge in [0.25, 0.3) is 0 Å². The van der Waals surface area contributed by atoms with Crippen LogP contribution < -0.4 is 5.32 Å². The predicted molar refractivity (Wildman–Crippen MR) is 89.8 cm³/mol. The lowest BCUT2D eigenvalue weighted by atomic mass is 10.1. The normalized spacial score (nSPS) is 16.2. The molecule has 1 aliphatic carbocycles. The van der Waals surface area contributed by atoms with Crippen molar-refractivity contribution in [1.29, 1.82) is 0 Å². The van der Waals surface area contributed by atoms with Crippen LogP contribution in [0.3, 0.4) is 0 Å². The Bertz CT molecular complexity index is 570. The predicted octanol–water partition coefficient (Wildman–Crippen LogP) is 5.35. The molecule has 0 amide bonds. The zero-order chi connectivity index (χ0) is 13.8. The van der Waals surface area contributed by atoms with Crippen LogP contribution in [0.15, 0.2) is 65.1 Å². The largest absolute Gasteiger partial charge is 0.379 e. The highest BCUT2D eigenvalue weighted by Gasteiger charge is 2.29. The summed E-state index contributed by atoms with van der Waals surface area (Å²) in [6, 6.07) is 19.3. The Labute approximate surface area is 128 Å². The van der Waals surface area contributed by atoms with Gasteiger partial charge in [0.2, 0.25) is 0 Å². The fraction of sp³-hybridized carbons (Fsp3) is 0.222. The molecule has 0 saturated heterocycles. The molecule has 3 rings (SSSR count). The average molecular weight is 328 g/mol. The molecule has 1 aliphatic rings. The maximum Gasteiger partial charge on any atom is 0.0475 e. The van der Waals surface area contributed by atoms with Gasteiger partial charge in [-0.15, -0.1) is 0 Å². The molecule has 1 fully saturated rings. The minimum absolute atomic E-state index is 0.432. The molecule has 0 radical (unpaired) electrons. The first kappa shape index (κ1) is 13.4. The number of nitrogens with one attached hydrogen (secondary N) is 1. The number of benzene rings is 2. The summed E-state index contributed by atoms with van der Waals surface area (Å²) < 4.78 is 1.12. The van der Waals surface area contributed by atoms with Crippen molar-refractivity contribution in [1.82, 2.24) is 0 Å². The number of para-hydroxylation sites is 1. The van der Waals surface area contributed by atoms with Crippen molar-refractivity contribution in [2.45, 2.75) is 18.9 Å². The molecule has 0 spiro atoms. The second-order valence-electron chi connectivity index (χ2n) is 5.28. The Morgan fingerprint density at radius 2 is 1.70 bits per heavy atom. The van der Waals surface area contributed by atoms with Gasteiger partial charge < -0.3 is 5.32 Å². The molecule has 102 valence electrons. The molecular weight excluding hydrogens is 310 g/mol. The average Bonchev–Trinajstić information content (AvgIpc) is 3.31. The van der Waals surface area contributed by atoms with Crippen LogP contribution in [0, 0.1) is 5.92 Å². The molecule has 2 heteroatoms. The van der Waals surface area contributed by atoms with E-state index in [-0.39, 0.29) is 0 Å². The number of hydrogen-bond acceptors (Lipinski definition) is 1. The summed E-state index contributed by atoms with van der Waals surface area (Å²) in [5.41, 5.74) is 2.44. The van der Waals surface area contributed by atoms with Gasteiger partial charge in [0, 0.05) is 16.2 Å². The smallest absolute Gasteiger partial charge is 0.0475 e. The molecule has 1 N–H and O–H groups in total. The van der Waals surface area contributed by atoms with Crippen LogP contribution in [0.25, 0.3) is 6.08 Å². The van der Waals surface area contributed by atoms with Crippen molar-refractivity contribution in [3.8, 4) is 0 Å². The van der Waals surface area contributed by atoms with E-state index in [2.05, 4.69) is 88.0 Å². The summed E-state index contributed by atoms with van der Waals surface area (Å²) in [6.45, 7) is 0. The van der Waals surface area contributed by atoms with E-state index in [9.17, 15) is 0 Å². The minimum atomic E-state index is 0.432. The van der Waals surface area contributed by atoms with Crippen molar-refractivity contribution in [3.05, 3.63) is 70.7 Å². The van der Waals surface area contributed by atoms with Crippen LogP contribution in [0.4, 0.5) is 5.69 Å². The molecular formula is C18H18BrN. The van der Waals surface area contributed by atoms with Gasteiger partial charge in [-0.05, 0) is 48.6 Å². The standard InChI is InChI=1S/C18H18BrN/c19-16-11-6-14(7-12-16)8-13-18(15-9-10-15)20-17-4-2-1-3-5-17/h1-8,11-13,15,18,20H,9-10H2/b13-8+. The van der Waals surface area contributed by atoms with Crippen molar-refractivity contribution in [3.63, 3.8) is 0 Å². The first-order valence-corrected chi connectivity index (χ1v) is 7.86. The van der Waals surface area contributed by atoms with E-state index in [4.69, 9.17) is 0 Å². The van der Waals surface area contributed by atoms with Gasteiger partial charge in [-0.2, -0.15) is 0 Å². The number of rotatable bonds is 5. The Kier molecular flexibility index (Phi) is 4.22. The topological polar surface area (TPSA) is 12.0 Å². The molecule has 0 bridgehead atoms. The molecule has 1 saturated carbocycles. The number of anilines is 1. The van der Waals surface area contributed by atoms with Crippen LogP contribution in [0.5, 0.6) is 0 Å². The van der Waals surface area contributed by atoms with Gasteiger partial charge in [-0.3, -0.25) is 0 Å². The van der Waals surface area contributed by atoms with E-state index < -0.39 is 0 Å². The van der Waals surface area contributed by atoms with Crippen molar-refractivity contribution >= 4 is 27.7 Å². The van der Waals surface area contributed by atoms with Crippen LogP contribution >= 0.6 is 15.9 Å². The van der Waals surface area contributed by atoms with E-state index in [0.29, 0.717) is 6.04 Å². The SMILES string of the molecule is Brc1ccc(/C=C/C(Nc2ccccc2)C2CC2)cc1. The fourth-order valence-electron chi connectivity index (χ4n) is 2.29. The zero-order valence-electron chi connectivity index (χ0n) is 11.3. The van der Waals surface area contributed by atoms with Crippen molar-refractivity contribution in [2.75, 3.05) is 5.32 Å². The lowest BCUT2D eigenvalue weighted by molar-refractivity contribution is 0.758. The molecule has 2 aromatic rings. The summed E-state index contributed by atoms with van der Waals surface area (Å²) in [6.07, 6.45) is 7.17. The van der Waals surface area contributed by atoms with Crippen LogP contribution in [-0.2, 0) is 0 Å². The Morgan fingerprint density at radius 1 is 1.00 bits per heavy atom. The summed E-state index contributed by atoms with van der Waals surface area (Å²) in [7, 11) is 0. The van der Waals surface area contributed by atoms with E-state index in [0.717, 1.165) is 10.4 Å². The summed E-state index contributed by atoms with van der Waals surface area (Å²) in [4.78, 5) is 0. The molecule has 0 aromatic heterocycles. The lowest BCUT2D eigenvalue weighted by Crippen LogP contribution is -2.18. The highest BCUT2D eigenvalue weighted by Crippen LogP contribution is 2.35. The maximum absolute atomic E-state index is 3.63. The second kappa shape index (κ2) is 6.27. The summed E-state index contributed by atoms with van der Waals surface area (Å²) in [5, 5.41) is 3.63. The van der Waals surface area contributed by atoms with Gasteiger partial charge in [-0.25, -0.2) is 0 Å². The van der Waals surface area contributed by atoms with Gasteiger partial charge in [0.05, 0.1) is 0 Å². The fourth-order valence-corrected chi connectivity index (χ4v) is 2.56. The molecule has 2 aromatic carbocycles. The summed E-state index contributed by atoms with van der Waals surface area (Å²) in [5.74, 6) is 0.780. The van der Waals surface area contributed by atoms with Gasteiger partial charge >= 0.3 is 0 Å². The Morgan fingerprint density at radius 3 is 2.35 bits per heavy atom. The van der Waals surface area contributed by atoms with E-state index in [1.54, 1.807) is 0 Å². The third kappa shape index (κ3) is 3.73. The third-order valence-corrected chi connectivity index (χ3v) is 4.13. The zero-order valence-corrected chi connectivity index (χ0v) is 12.9. The molecule has 1 unspecified atom stereocenters. The third-order valence-electron chi connectivity index (χ3n) is 3.60. The van der Waals surface area contributed by atoms with E-state index >= 15 is 0 Å². The maximum atomic E-state index is 3.63. The van der Waals surface area contributed by atoms with Gasteiger partial charge in [0.15, 0.2) is 0 Å². The second-order valence-corrected chi connectivity index (χ2v) is 6.20. The Balaban J connectivity index is 1.70. The number of hydrogen-bond donors (Lipinski definition) is 1. The highest BCUT2D eigenvalue weighted by molar-refractivity contribution is 9.10. The molecule has 1 nitrogen and oxygen atoms in total. The van der Waals surface area contributed by atoms with Gasteiger partial charge in [-0.1, -0.05) is 58.4 Å². The molecule has 20 heavy (non-hydrogen) atoms. The van der Waals surface area contributed by atoms with Crippen LogP contribution in [-0.4, -0.2) is 6.04 Å². The first-order valence-electron chi connectivity index (χ1n) is 7.06. The van der Waals surface area contributed by atoms with Crippen molar-refractivity contribution < 1.29 is 0 Å². The lowest BCUT2D eigenvalue weighted by Gasteiger charge is -2.15. The van der Waals surface area contributed by atoms with E-state index in [1.807, 2.05) is 0 Å². The molecule has 1 atom stereocenters. The van der Waals surface area contributed by atoms with E-state index in [1.165, 1.54) is 24.1 Å². The van der Waals surface area contributed by atoms with Crippen molar-refractivity contribution in [2.24, 2.45) is 5.92 Å². The molecule has 0 heterocycles. The van der Waals surface area contributed by atoms with Crippen LogP contribution in [0.2, 0.25) is 0 Å². The monoisotopic (exact) mass is 327 g/mol. The Hall–Kier alpha value is -1.54. The first-order chi connectivity index (χ1) is 9.81. The minimum Gasteiger partial charge on any atom is -0.379 e. The van der Waals surface area contributed by atoms with Gasteiger partial charge in [0.1, 0.15) is 0 Å².